The molecule has 0 radical (unpaired) electrons. The normalized spacial score (nSPS) is 10.8. The molecule has 0 unspecified atom stereocenters. The molecule has 0 aliphatic rings. The first-order chi connectivity index (χ1) is 11.4. The standard InChI is InChI=1S/C19H17BrN2O2/c1-11-3-5-15(10-16(11)20)21-18(23)9-13-4-6-17-14(8-13)7-12(2)19(24)22-17/h3-8,10H,9H2,1-2H3,(H,21,23)(H,22,24). The van der Waals surface area contributed by atoms with Crippen molar-refractivity contribution in [3.63, 3.8) is 0 Å². The van der Waals surface area contributed by atoms with Crippen LogP contribution in [0, 0.1) is 13.8 Å². The second-order valence-corrected chi connectivity index (χ2v) is 6.75. The summed E-state index contributed by atoms with van der Waals surface area (Å²) in [6.07, 6.45) is 0.277. The number of H-pyrrole nitrogens is 1. The third-order valence-corrected chi connectivity index (χ3v) is 4.77. The summed E-state index contributed by atoms with van der Waals surface area (Å²) in [6, 6.07) is 13.2. The Balaban J connectivity index is 1.78. The van der Waals surface area contributed by atoms with Gasteiger partial charge in [-0.05, 0) is 60.7 Å². The molecule has 0 bridgehead atoms. The Kier molecular flexibility index (Phi) is 4.53. The zero-order valence-corrected chi connectivity index (χ0v) is 15.0. The van der Waals surface area contributed by atoms with Gasteiger partial charge in [0, 0.05) is 21.2 Å². The van der Waals surface area contributed by atoms with Crippen molar-refractivity contribution in [3.8, 4) is 0 Å². The molecule has 0 fully saturated rings. The average molecular weight is 385 g/mol. The first kappa shape index (κ1) is 16.5. The van der Waals surface area contributed by atoms with E-state index in [1.165, 1.54) is 0 Å². The van der Waals surface area contributed by atoms with Gasteiger partial charge in [-0.1, -0.05) is 28.1 Å². The summed E-state index contributed by atoms with van der Waals surface area (Å²) in [6.45, 7) is 3.77. The van der Waals surface area contributed by atoms with Crippen LogP contribution in [0.25, 0.3) is 10.9 Å². The summed E-state index contributed by atoms with van der Waals surface area (Å²) >= 11 is 3.46. The van der Waals surface area contributed by atoms with Crippen molar-refractivity contribution >= 4 is 38.4 Å². The van der Waals surface area contributed by atoms with Gasteiger partial charge < -0.3 is 10.3 Å². The highest BCUT2D eigenvalue weighted by molar-refractivity contribution is 9.10. The number of carbonyl (C=O) groups is 1. The minimum Gasteiger partial charge on any atom is -0.326 e. The van der Waals surface area contributed by atoms with Crippen molar-refractivity contribution in [2.24, 2.45) is 0 Å². The lowest BCUT2D eigenvalue weighted by atomic mass is 10.1. The number of anilines is 1. The van der Waals surface area contributed by atoms with Gasteiger partial charge in [0.05, 0.1) is 6.42 Å². The van der Waals surface area contributed by atoms with E-state index in [0.29, 0.717) is 5.56 Å². The minimum absolute atomic E-state index is 0.0775. The van der Waals surface area contributed by atoms with Crippen molar-refractivity contribution in [3.05, 3.63) is 74.0 Å². The zero-order chi connectivity index (χ0) is 17.3. The first-order valence-electron chi connectivity index (χ1n) is 7.61. The summed E-state index contributed by atoms with van der Waals surface area (Å²) in [5.41, 5.74) is 4.13. The van der Waals surface area contributed by atoms with Crippen LogP contribution < -0.4 is 10.9 Å². The molecule has 1 amide bonds. The number of halogens is 1. The van der Waals surface area contributed by atoms with Crippen LogP contribution in [0.15, 0.2) is 51.7 Å². The molecule has 0 spiro atoms. The topological polar surface area (TPSA) is 62.0 Å². The number of nitrogens with one attached hydrogen (secondary N) is 2. The molecule has 0 saturated carbocycles. The number of pyridine rings is 1. The van der Waals surface area contributed by atoms with E-state index in [9.17, 15) is 9.59 Å². The van der Waals surface area contributed by atoms with E-state index in [-0.39, 0.29) is 17.9 Å². The number of fused-ring (bicyclic) bond motifs is 1. The molecule has 2 aromatic carbocycles. The fourth-order valence-corrected chi connectivity index (χ4v) is 2.92. The fourth-order valence-electron chi connectivity index (χ4n) is 2.54. The molecule has 5 heteroatoms. The number of amides is 1. The monoisotopic (exact) mass is 384 g/mol. The number of aromatic amines is 1. The molecule has 1 heterocycles. The Hall–Kier alpha value is -2.40. The zero-order valence-electron chi connectivity index (χ0n) is 13.4. The number of aromatic nitrogens is 1. The Labute approximate surface area is 148 Å². The third-order valence-electron chi connectivity index (χ3n) is 3.91. The summed E-state index contributed by atoms with van der Waals surface area (Å²) in [4.78, 5) is 26.7. The maximum absolute atomic E-state index is 12.3. The summed E-state index contributed by atoms with van der Waals surface area (Å²) in [5, 5.41) is 3.83. The molecule has 0 aliphatic heterocycles. The molecule has 0 atom stereocenters. The molecule has 3 aromatic rings. The summed E-state index contributed by atoms with van der Waals surface area (Å²) < 4.78 is 0.963. The van der Waals surface area contributed by atoms with E-state index < -0.39 is 0 Å². The maximum Gasteiger partial charge on any atom is 0.251 e. The Morgan fingerprint density at radius 2 is 1.88 bits per heavy atom. The van der Waals surface area contributed by atoms with E-state index >= 15 is 0 Å². The van der Waals surface area contributed by atoms with E-state index in [1.54, 1.807) is 6.92 Å². The van der Waals surface area contributed by atoms with Gasteiger partial charge in [-0.2, -0.15) is 0 Å². The second kappa shape index (κ2) is 6.61. The van der Waals surface area contributed by atoms with Crippen molar-refractivity contribution in [2.45, 2.75) is 20.3 Å². The number of aryl methyl sites for hydroxylation is 2. The average Bonchev–Trinajstić information content (AvgIpc) is 2.52. The molecular weight excluding hydrogens is 368 g/mol. The van der Waals surface area contributed by atoms with Gasteiger partial charge in [0.2, 0.25) is 5.91 Å². The van der Waals surface area contributed by atoms with Gasteiger partial charge in [0.1, 0.15) is 0 Å². The molecule has 1 aromatic heterocycles. The lowest BCUT2D eigenvalue weighted by Crippen LogP contribution is -2.14. The van der Waals surface area contributed by atoms with E-state index in [2.05, 4.69) is 26.2 Å². The third kappa shape index (κ3) is 3.57. The number of benzene rings is 2. The summed E-state index contributed by atoms with van der Waals surface area (Å²) in [5.74, 6) is -0.0775. The highest BCUT2D eigenvalue weighted by Gasteiger charge is 2.07. The Morgan fingerprint density at radius 3 is 2.62 bits per heavy atom. The van der Waals surface area contributed by atoms with Crippen LogP contribution in [0.2, 0.25) is 0 Å². The van der Waals surface area contributed by atoms with Gasteiger partial charge in [-0.15, -0.1) is 0 Å². The molecule has 3 rings (SSSR count). The van der Waals surface area contributed by atoms with Gasteiger partial charge >= 0.3 is 0 Å². The first-order valence-corrected chi connectivity index (χ1v) is 8.40. The number of carbonyl (C=O) groups excluding carboxylic acids is 1. The van der Waals surface area contributed by atoms with Crippen molar-refractivity contribution in [1.29, 1.82) is 0 Å². The van der Waals surface area contributed by atoms with E-state index in [4.69, 9.17) is 0 Å². The van der Waals surface area contributed by atoms with Gasteiger partial charge in [-0.3, -0.25) is 9.59 Å². The molecule has 0 saturated heterocycles. The van der Waals surface area contributed by atoms with Gasteiger partial charge in [0.25, 0.3) is 5.56 Å². The molecular formula is C19H17BrN2O2. The summed E-state index contributed by atoms with van der Waals surface area (Å²) in [7, 11) is 0. The minimum atomic E-state index is -0.0852. The van der Waals surface area contributed by atoms with Crippen LogP contribution in [0.1, 0.15) is 16.7 Å². The van der Waals surface area contributed by atoms with Crippen LogP contribution >= 0.6 is 15.9 Å². The smallest absolute Gasteiger partial charge is 0.251 e. The van der Waals surface area contributed by atoms with E-state index in [1.807, 2.05) is 49.4 Å². The molecule has 4 nitrogen and oxygen atoms in total. The largest absolute Gasteiger partial charge is 0.326 e. The quantitative estimate of drug-likeness (QED) is 0.714. The van der Waals surface area contributed by atoms with Crippen LogP contribution in [0.3, 0.4) is 0 Å². The highest BCUT2D eigenvalue weighted by Crippen LogP contribution is 2.21. The highest BCUT2D eigenvalue weighted by atomic mass is 79.9. The fraction of sp³-hybridized carbons (Fsp3) is 0.158. The number of hydrogen-bond donors (Lipinski definition) is 2. The van der Waals surface area contributed by atoms with Gasteiger partial charge in [-0.25, -0.2) is 0 Å². The SMILES string of the molecule is Cc1ccc(NC(=O)Cc2ccc3[nH]c(=O)c(C)cc3c2)cc1Br. The van der Waals surface area contributed by atoms with Crippen molar-refractivity contribution in [2.75, 3.05) is 5.32 Å². The van der Waals surface area contributed by atoms with E-state index in [0.717, 1.165) is 32.2 Å². The number of hydrogen-bond acceptors (Lipinski definition) is 2. The predicted octanol–water partition coefficient (Wildman–Crippen LogP) is 4.09. The lowest BCUT2D eigenvalue weighted by molar-refractivity contribution is -0.115. The van der Waals surface area contributed by atoms with Crippen molar-refractivity contribution in [1.82, 2.24) is 4.98 Å². The van der Waals surface area contributed by atoms with Crippen LogP contribution in [-0.2, 0) is 11.2 Å². The molecule has 24 heavy (non-hydrogen) atoms. The van der Waals surface area contributed by atoms with Crippen LogP contribution in [0.4, 0.5) is 5.69 Å². The lowest BCUT2D eigenvalue weighted by Gasteiger charge is -2.08. The predicted molar refractivity (Wildman–Crippen MR) is 101 cm³/mol. The molecule has 122 valence electrons. The van der Waals surface area contributed by atoms with Crippen LogP contribution in [0.5, 0.6) is 0 Å². The van der Waals surface area contributed by atoms with Crippen LogP contribution in [-0.4, -0.2) is 10.9 Å². The number of rotatable bonds is 3. The van der Waals surface area contributed by atoms with Gasteiger partial charge in [0.15, 0.2) is 0 Å². The molecule has 2 N–H and O–H groups in total. The Bertz CT molecular complexity index is 992. The molecule has 0 aliphatic carbocycles. The Morgan fingerprint density at radius 1 is 1.08 bits per heavy atom. The second-order valence-electron chi connectivity index (χ2n) is 5.89. The maximum atomic E-state index is 12.3. The van der Waals surface area contributed by atoms with Crippen molar-refractivity contribution < 1.29 is 4.79 Å².